The summed E-state index contributed by atoms with van der Waals surface area (Å²) >= 11 is 0. The average molecular weight is 608 g/mol. The van der Waals surface area contributed by atoms with Crippen LogP contribution < -0.4 is 14.5 Å². The molecular weight excluding hydrogens is 570 g/mol. The van der Waals surface area contributed by atoms with Gasteiger partial charge in [-0.05, 0) is 69.7 Å². The van der Waals surface area contributed by atoms with E-state index in [1.807, 2.05) is 85.9 Å². The molecule has 5 aromatic rings. The van der Waals surface area contributed by atoms with Crippen molar-refractivity contribution in [2.45, 2.75) is 32.8 Å². The number of nitrogens with zero attached hydrogens (tertiary/aromatic N) is 9. The predicted octanol–water partition coefficient (Wildman–Crippen LogP) is 5.50. The molecule has 1 fully saturated rings. The number of aromatic nitrogens is 6. The summed E-state index contributed by atoms with van der Waals surface area (Å²) in [5.74, 6) is 2.99. The standard InChI is InChI=1S/C33H37N9O3/c1-33(2,3)45-32(43)41-15-7-14-40(16-17-41)29-8-6-9-30(38-29)42-28-18-26(35-19-23(28)20-36-42)27-21-34-22-31(37-27)39(4)24-10-12-25(44-5)13-11-24/h6,8-13,18-22H,7,14-17H2,1-5H3. The Balaban J connectivity index is 1.23. The molecule has 6 rings (SSSR count). The zero-order valence-corrected chi connectivity index (χ0v) is 26.2. The number of carbonyl (C=O) groups excluding carboxylic acids is 1. The van der Waals surface area contributed by atoms with Crippen LogP contribution in [-0.4, -0.2) is 86.6 Å². The van der Waals surface area contributed by atoms with Gasteiger partial charge in [0.2, 0.25) is 0 Å². The maximum absolute atomic E-state index is 12.7. The molecule has 232 valence electrons. The van der Waals surface area contributed by atoms with Gasteiger partial charge >= 0.3 is 6.09 Å². The van der Waals surface area contributed by atoms with Gasteiger partial charge in [-0.2, -0.15) is 5.10 Å². The van der Waals surface area contributed by atoms with E-state index in [1.54, 1.807) is 36.8 Å². The third-order valence-corrected chi connectivity index (χ3v) is 7.55. The summed E-state index contributed by atoms with van der Waals surface area (Å²) in [4.78, 5) is 37.5. The number of hydrogen-bond donors (Lipinski definition) is 0. The highest BCUT2D eigenvalue weighted by Gasteiger charge is 2.25. The number of rotatable bonds is 6. The molecule has 0 unspecified atom stereocenters. The van der Waals surface area contributed by atoms with Gasteiger partial charge in [0.1, 0.15) is 22.9 Å². The number of benzene rings is 1. The fraction of sp³-hybridized carbons (Fsp3) is 0.333. The molecule has 1 amide bonds. The summed E-state index contributed by atoms with van der Waals surface area (Å²) in [5.41, 5.74) is 2.60. The number of carbonyl (C=O) groups is 1. The summed E-state index contributed by atoms with van der Waals surface area (Å²) in [7, 11) is 3.59. The molecule has 0 atom stereocenters. The Morgan fingerprint density at radius 3 is 2.47 bits per heavy atom. The van der Waals surface area contributed by atoms with Gasteiger partial charge in [0.15, 0.2) is 11.6 Å². The second-order valence-corrected chi connectivity index (χ2v) is 11.9. The van der Waals surface area contributed by atoms with Gasteiger partial charge in [0.05, 0.1) is 36.9 Å². The minimum Gasteiger partial charge on any atom is -0.497 e. The monoisotopic (exact) mass is 607 g/mol. The van der Waals surface area contributed by atoms with Crippen molar-refractivity contribution in [3.63, 3.8) is 0 Å². The third-order valence-electron chi connectivity index (χ3n) is 7.55. The van der Waals surface area contributed by atoms with E-state index in [0.717, 1.165) is 41.1 Å². The molecule has 0 N–H and O–H groups in total. The van der Waals surface area contributed by atoms with Crippen LogP contribution in [0.2, 0.25) is 0 Å². The number of ether oxygens (including phenoxy) is 2. The van der Waals surface area contributed by atoms with Crippen LogP contribution >= 0.6 is 0 Å². The quantitative estimate of drug-likeness (QED) is 0.245. The number of pyridine rings is 2. The second-order valence-electron chi connectivity index (χ2n) is 11.9. The summed E-state index contributed by atoms with van der Waals surface area (Å²) in [6, 6.07) is 15.6. The van der Waals surface area contributed by atoms with Gasteiger partial charge in [0.25, 0.3) is 0 Å². The molecule has 1 aliphatic heterocycles. The first-order chi connectivity index (χ1) is 21.7. The highest BCUT2D eigenvalue weighted by molar-refractivity contribution is 5.82. The minimum absolute atomic E-state index is 0.277. The number of hydrogen-bond acceptors (Lipinski definition) is 10. The topological polar surface area (TPSA) is 115 Å². The molecule has 0 radical (unpaired) electrons. The first-order valence-electron chi connectivity index (χ1n) is 14.9. The minimum atomic E-state index is -0.524. The molecule has 45 heavy (non-hydrogen) atoms. The van der Waals surface area contributed by atoms with Gasteiger partial charge in [-0.25, -0.2) is 19.4 Å². The lowest BCUT2D eigenvalue weighted by Gasteiger charge is -2.26. The van der Waals surface area contributed by atoms with Gasteiger partial charge in [-0.1, -0.05) is 6.07 Å². The molecule has 1 aliphatic rings. The van der Waals surface area contributed by atoms with E-state index in [2.05, 4.69) is 20.0 Å². The largest absolute Gasteiger partial charge is 0.497 e. The Morgan fingerprint density at radius 2 is 1.69 bits per heavy atom. The lowest BCUT2D eigenvalue weighted by Crippen LogP contribution is -2.39. The van der Waals surface area contributed by atoms with E-state index in [9.17, 15) is 4.79 Å². The van der Waals surface area contributed by atoms with E-state index in [-0.39, 0.29) is 6.09 Å². The molecule has 1 saturated heterocycles. The van der Waals surface area contributed by atoms with Crippen LogP contribution in [0.4, 0.5) is 22.1 Å². The number of methoxy groups -OCH3 is 1. The van der Waals surface area contributed by atoms with E-state index >= 15 is 0 Å². The van der Waals surface area contributed by atoms with Gasteiger partial charge < -0.3 is 24.2 Å². The number of anilines is 3. The zero-order chi connectivity index (χ0) is 31.6. The normalized spacial score (nSPS) is 13.9. The lowest BCUT2D eigenvalue weighted by atomic mass is 10.2. The van der Waals surface area contributed by atoms with Gasteiger partial charge in [-0.15, -0.1) is 0 Å². The van der Waals surface area contributed by atoms with Crippen LogP contribution in [0, 0.1) is 0 Å². The predicted molar refractivity (Wildman–Crippen MR) is 173 cm³/mol. The SMILES string of the molecule is COc1ccc(N(C)c2cncc(-c3cc4c(cn3)cnn4-c3cccc(N4CCCN(C(=O)OC(C)(C)C)CC4)n3)n2)cc1. The molecule has 0 saturated carbocycles. The second kappa shape index (κ2) is 12.4. The molecule has 12 heteroatoms. The fourth-order valence-electron chi connectivity index (χ4n) is 5.18. The Hall–Kier alpha value is -5.26. The van der Waals surface area contributed by atoms with Crippen LogP contribution in [0.5, 0.6) is 5.75 Å². The van der Waals surface area contributed by atoms with Crippen LogP contribution in [0.15, 0.2) is 73.3 Å². The highest BCUT2D eigenvalue weighted by Crippen LogP contribution is 2.27. The Kier molecular flexibility index (Phi) is 8.20. The number of amides is 1. The average Bonchev–Trinajstić information content (AvgIpc) is 3.31. The molecular formula is C33H37N9O3. The fourth-order valence-corrected chi connectivity index (χ4v) is 5.18. The summed E-state index contributed by atoms with van der Waals surface area (Å²) in [6.45, 7) is 8.30. The van der Waals surface area contributed by atoms with Crippen molar-refractivity contribution in [2.24, 2.45) is 0 Å². The van der Waals surface area contributed by atoms with E-state index in [1.165, 1.54) is 0 Å². The Morgan fingerprint density at radius 1 is 0.889 bits per heavy atom. The van der Waals surface area contributed by atoms with Crippen molar-refractivity contribution in [2.75, 3.05) is 50.1 Å². The van der Waals surface area contributed by atoms with Crippen molar-refractivity contribution >= 4 is 34.3 Å². The summed E-state index contributed by atoms with van der Waals surface area (Å²) in [5, 5.41) is 5.53. The van der Waals surface area contributed by atoms with E-state index < -0.39 is 5.60 Å². The molecule has 0 bridgehead atoms. The van der Waals surface area contributed by atoms with Crippen molar-refractivity contribution < 1.29 is 14.3 Å². The van der Waals surface area contributed by atoms with Crippen LogP contribution in [0.3, 0.4) is 0 Å². The van der Waals surface area contributed by atoms with Crippen molar-refractivity contribution in [3.8, 4) is 23.0 Å². The first kappa shape index (κ1) is 29.8. The maximum Gasteiger partial charge on any atom is 0.410 e. The molecule has 0 aliphatic carbocycles. The molecule has 0 spiro atoms. The maximum atomic E-state index is 12.7. The summed E-state index contributed by atoms with van der Waals surface area (Å²) < 4.78 is 12.7. The Labute approximate surface area is 262 Å². The first-order valence-corrected chi connectivity index (χ1v) is 14.9. The molecule has 5 heterocycles. The van der Waals surface area contributed by atoms with Crippen molar-refractivity contribution in [1.82, 2.24) is 34.6 Å². The molecule has 12 nitrogen and oxygen atoms in total. The van der Waals surface area contributed by atoms with Gasteiger partial charge in [0, 0.05) is 50.5 Å². The van der Waals surface area contributed by atoms with Crippen LogP contribution in [0.25, 0.3) is 28.1 Å². The summed E-state index contributed by atoms with van der Waals surface area (Å²) in [6.07, 6.45) is 7.55. The lowest BCUT2D eigenvalue weighted by molar-refractivity contribution is 0.0263. The smallest absolute Gasteiger partial charge is 0.410 e. The van der Waals surface area contributed by atoms with Crippen LogP contribution in [-0.2, 0) is 4.74 Å². The van der Waals surface area contributed by atoms with Crippen LogP contribution in [0.1, 0.15) is 27.2 Å². The van der Waals surface area contributed by atoms with Crippen molar-refractivity contribution in [3.05, 3.63) is 73.3 Å². The van der Waals surface area contributed by atoms with E-state index in [4.69, 9.17) is 19.4 Å². The molecule has 1 aromatic carbocycles. The molecule has 4 aromatic heterocycles. The number of fused-ring (bicyclic) bond motifs is 1. The van der Waals surface area contributed by atoms with Crippen molar-refractivity contribution in [1.29, 1.82) is 0 Å². The third kappa shape index (κ3) is 6.64. The highest BCUT2D eigenvalue weighted by atomic mass is 16.6. The Bertz CT molecular complexity index is 1800. The zero-order valence-electron chi connectivity index (χ0n) is 26.2. The van der Waals surface area contributed by atoms with E-state index in [0.29, 0.717) is 42.7 Å². The van der Waals surface area contributed by atoms with Gasteiger partial charge in [-0.3, -0.25) is 9.97 Å².